The fourth-order valence-electron chi connectivity index (χ4n) is 3.01. The summed E-state index contributed by atoms with van der Waals surface area (Å²) in [4.78, 5) is 25.1. The average Bonchev–Trinajstić information content (AvgIpc) is 2.79. The van der Waals surface area contributed by atoms with Crippen molar-refractivity contribution in [2.75, 3.05) is 36.8 Å². The summed E-state index contributed by atoms with van der Waals surface area (Å²) in [6.07, 6.45) is 0. The first-order valence-corrected chi connectivity index (χ1v) is 9.42. The molecule has 0 saturated carbocycles. The minimum Gasteiger partial charge on any atom is -0.369 e. The van der Waals surface area contributed by atoms with Crippen LogP contribution in [0.3, 0.4) is 0 Å². The van der Waals surface area contributed by atoms with Crippen molar-refractivity contribution in [2.45, 2.75) is 12.5 Å². The molecule has 3 rings (SSSR count). The van der Waals surface area contributed by atoms with E-state index < -0.39 is 33.3 Å². The Balaban J connectivity index is 1.64. The molecule has 0 aliphatic carbocycles. The number of urea groups is 1. The lowest BCUT2D eigenvalue weighted by Crippen LogP contribution is -2.55. The Morgan fingerprint density at radius 3 is 2.24 bits per heavy atom. The van der Waals surface area contributed by atoms with Crippen LogP contribution < -0.4 is 15.5 Å². The predicted molar refractivity (Wildman–Crippen MR) is 89.1 cm³/mol. The summed E-state index contributed by atoms with van der Waals surface area (Å²) in [6, 6.07) is 5.34. The number of carbonyl (C=O) groups is 2. The number of anilines is 1. The zero-order chi connectivity index (χ0) is 18.2. The lowest BCUT2D eigenvalue weighted by atomic mass is 10.1. The fraction of sp³-hybridized carbons (Fsp3) is 0.467. The highest BCUT2D eigenvalue weighted by molar-refractivity contribution is 7.89. The van der Waals surface area contributed by atoms with Gasteiger partial charge in [0.15, 0.2) is 0 Å². The van der Waals surface area contributed by atoms with Crippen LogP contribution in [0.2, 0.25) is 0 Å². The van der Waals surface area contributed by atoms with E-state index in [1.165, 1.54) is 23.4 Å². The van der Waals surface area contributed by atoms with Gasteiger partial charge in [0.05, 0.1) is 5.75 Å². The summed E-state index contributed by atoms with van der Waals surface area (Å²) in [5.74, 6) is -1.46. The zero-order valence-electron chi connectivity index (χ0n) is 13.7. The molecule has 1 atom stereocenters. The SMILES string of the molecule is C[C@]1(CS(=O)(=O)N2CCN(c3ccc(F)cc3)CC2)NC(=O)NC1=O. The van der Waals surface area contributed by atoms with Crippen molar-refractivity contribution in [2.24, 2.45) is 0 Å². The van der Waals surface area contributed by atoms with Crippen molar-refractivity contribution < 1.29 is 22.4 Å². The minimum atomic E-state index is -3.72. The van der Waals surface area contributed by atoms with E-state index >= 15 is 0 Å². The van der Waals surface area contributed by atoms with E-state index in [0.29, 0.717) is 13.1 Å². The Morgan fingerprint density at radius 2 is 1.72 bits per heavy atom. The second-order valence-corrected chi connectivity index (χ2v) is 8.33. The maximum atomic E-state index is 13.0. The van der Waals surface area contributed by atoms with Gasteiger partial charge in [-0.2, -0.15) is 4.31 Å². The highest BCUT2D eigenvalue weighted by atomic mass is 32.2. The van der Waals surface area contributed by atoms with Crippen LogP contribution in [0.5, 0.6) is 0 Å². The lowest BCUT2D eigenvalue weighted by Gasteiger charge is -2.36. The van der Waals surface area contributed by atoms with E-state index in [9.17, 15) is 22.4 Å². The molecule has 1 aromatic rings. The van der Waals surface area contributed by atoms with Crippen molar-refractivity contribution in [3.05, 3.63) is 30.1 Å². The van der Waals surface area contributed by atoms with Gasteiger partial charge in [0.1, 0.15) is 11.4 Å². The van der Waals surface area contributed by atoms with Gasteiger partial charge < -0.3 is 10.2 Å². The van der Waals surface area contributed by atoms with Gasteiger partial charge in [0.25, 0.3) is 5.91 Å². The van der Waals surface area contributed by atoms with E-state index in [4.69, 9.17) is 0 Å². The second kappa shape index (κ2) is 6.26. The van der Waals surface area contributed by atoms with Gasteiger partial charge >= 0.3 is 6.03 Å². The maximum absolute atomic E-state index is 13.0. The molecule has 2 aliphatic heterocycles. The molecule has 2 saturated heterocycles. The third kappa shape index (κ3) is 3.59. The first kappa shape index (κ1) is 17.6. The largest absolute Gasteiger partial charge is 0.369 e. The Bertz CT molecular complexity index is 790. The first-order valence-electron chi connectivity index (χ1n) is 7.82. The summed E-state index contributed by atoms with van der Waals surface area (Å²) >= 11 is 0. The average molecular weight is 370 g/mol. The normalized spacial score (nSPS) is 25.0. The Labute approximate surface area is 145 Å². The third-order valence-corrected chi connectivity index (χ3v) is 6.51. The van der Waals surface area contributed by atoms with Crippen molar-refractivity contribution in [3.8, 4) is 0 Å². The molecule has 0 radical (unpaired) electrons. The zero-order valence-corrected chi connectivity index (χ0v) is 14.5. The quantitative estimate of drug-likeness (QED) is 0.720. The molecule has 2 fully saturated rings. The molecule has 10 heteroatoms. The molecule has 8 nitrogen and oxygen atoms in total. The van der Waals surface area contributed by atoms with Gasteiger partial charge in [-0.15, -0.1) is 0 Å². The van der Waals surface area contributed by atoms with Gasteiger partial charge in [-0.25, -0.2) is 17.6 Å². The van der Waals surface area contributed by atoms with Crippen LogP contribution in [0, 0.1) is 5.82 Å². The van der Waals surface area contributed by atoms with E-state index in [0.717, 1.165) is 5.69 Å². The number of imide groups is 1. The van der Waals surface area contributed by atoms with E-state index in [1.54, 1.807) is 12.1 Å². The topological polar surface area (TPSA) is 98.8 Å². The molecule has 2 heterocycles. The Hall–Kier alpha value is -2.20. The maximum Gasteiger partial charge on any atom is 0.322 e. The van der Waals surface area contributed by atoms with Crippen LogP contribution in [0.15, 0.2) is 24.3 Å². The highest BCUT2D eigenvalue weighted by Crippen LogP contribution is 2.20. The number of rotatable bonds is 4. The molecule has 2 aliphatic rings. The molecule has 1 aromatic carbocycles. The van der Waals surface area contributed by atoms with Crippen LogP contribution in [0.25, 0.3) is 0 Å². The summed E-state index contributed by atoms with van der Waals surface area (Å²) in [6.45, 7) is 2.82. The number of carbonyl (C=O) groups excluding carboxylic acids is 2. The molecular weight excluding hydrogens is 351 g/mol. The summed E-state index contributed by atoms with van der Waals surface area (Å²) in [7, 11) is -3.72. The van der Waals surface area contributed by atoms with Gasteiger partial charge in [-0.05, 0) is 31.2 Å². The molecular formula is C15H19FN4O4S. The minimum absolute atomic E-state index is 0.255. The Morgan fingerprint density at radius 1 is 1.12 bits per heavy atom. The van der Waals surface area contributed by atoms with E-state index in [-0.39, 0.29) is 18.9 Å². The molecule has 25 heavy (non-hydrogen) atoms. The number of piperazine rings is 1. The number of nitrogens with zero attached hydrogens (tertiary/aromatic N) is 2. The van der Waals surface area contributed by atoms with Gasteiger partial charge in [0, 0.05) is 31.9 Å². The van der Waals surface area contributed by atoms with E-state index in [1.807, 2.05) is 4.90 Å². The van der Waals surface area contributed by atoms with Gasteiger partial charge in [-0.3, -0.25) is 10.1 Å². The first-order chi connectivity index (χ1) is 11.7. The van der Waals surface area contributed by atoms with Crippen molar-refractivity contribution in [1.82, 2.24) is 14.9 Å². The number of benzene rings is 1. The van der Waals surface area contributed by atoms with Crippen LogP contribution in [0.4, 0.5) is 14.9 Å². The molecule has 0 unspecified atom stereocenters. The molecule has 136 valence electrons. The lowest BCUT2D eigenvalue weighted by molar-refractivity contribution is -0.122. The standard InChI is InChI=1S/C15H19FN4O4S/c1-15(13(21)17-14(22)18-15)10-25(23,24)20-8-6-19(7-9-20)12-4-2-11(16)3-5-12/h2-5H,6-10H2,1H3,(H2,17,18,21,22)/t15-/m1/s1. The van der Waals surface area contributed by atoms with Crippen LogP contribution in [0.1, 0.15) is 6.92 Å². The monoisotopic (exact) mass is 370 g/mol. The number of hydrogen-bond donors (Lipinski definition) is 2. The number of nitrogens with one attached hydrogen (secondary N) is 2. The summed E-state index contributed by atoms with van der Waals surface area (Å²) < 4.78 is 39.5. The number of amides is 3. The van der Waals surface area contributed by atoms with Gasteiger partial charge in [0.2, 0.25) is 10.0 Å². The summed E-state index contributed by atoms with van der Waals surface area (Å²) in [5.41, 5.74) is -0.642. The Kier molecular flexibility index (Phi) is 4.41. The van der Waals surface area contributed by atoms with Crippen LogP contribution in [-0.2, 0) is 14.8 Å². The highest BCUT2D eigenvalue weighted by Gasteiger charge is 2.46. The predicted octanol–water partition coefficient (Wildman–Crippen LogP) is -0.124. The second-order valence-electron chi connectivity index (χ2n) is 6.36. The molecule has 0 spiro atoms. The van der Waals surface area contributed by atoms with Gasteiger partial charge in [-0.1, -0.05) is 0 Å². The molecule has 0 bridgehead atoms. The third-order valence-electron chi connectivity index (χ3n) is 4.41. The summed E-state index contributed by atoms with van der Waals surface area (Å²) in [5, 5.41) is 4.42. The molecule has 0 aromatic heterocycles. The van der Waals surface area contributed by atoms with Crippen molar-refractivity contribution in [3.63, 3.8) is 0 Å². The van der Waals surface area contributed by atoms with Crippen LogP contribution >= 0.6 is 0 Å². The van der Waals surface area contributed by atoms with Crippen LogP contribution in [-0.4, -0.2) is 62.1 Å². The molecule has 2 N–H and O–H groups in total. The number of halogens is 1. The number of sulfonamides is 1. The fourth-order valence-corrected chi connectivity index (χ4v) is 4.85. The number of hydrogen-bond acceptors (Lipinski definition) is 5. The van der Waals surface area contributed by atoms with Crippen molar-refractivity contribution in [1.29, 1.82) is 0 Å². The molecule has 3 amide bonds. The smallest absolute Gasteiger partial charge is 0.322 e. The van der Waals surface area contributed by atoms with Crippen molar-refractivity contribution >= 4 is 27.6 Å². The van der Waals surface area contributed by atoms with E-state index in [2.05, 4.69) is 10.6 Å².